The molecule has 0 unspecified atom stereocenters. The molecular weight excluding hydrogens is 348 g/mol. The summed E-state index contributed by atoms with van der Waals surface area (Å²) in [4.78, 5) is 49.4. The van der Waals surface area contributed by atoms with Gasteiger partial charge in [-0.25, -0.2) is 4.79 Å². The van der Waals surface area contributed by atoms with Crippen LogP contribution in [-0.4, -0.2) is 42.2 Å². The molecule has 7 heteroatoms. The van der Waals surface area contributed by atoms with Crippen molar-refractivity contribution in [3.8, 4) is 0 Å². The van der Waals surface area contributed by atoms with Gasteiger partial charge in [0.05, 0.1) is 24.5 Å². The first-order valence-corrected chi connectivity index (χ1v) is 8.95. The van der Waals surface area contributed by atoms with Crippen LogP contribution in [0.2, 0.25) is 0 Å². The van der Waals surface area contributed by atoms with Crippen molar-refractivity contribution in [2.24, 2.45) is 11.8 Å². The molecule has 0 saturated carbocycles. The molecule has 0 spiro atoms. The van der Waals surface area contributed by atoms with Crippen molar-refractivity contribution in [3.63, 3.8) is 0 Å². The van der Waals surface area contributed by atoms with E-state index >= 15 is 0 Å². The van der Waals surface area contributed by atoms with Crippen LogP contribution in [0, 0.1) is 11.8 Å². The van der Waals surface area contributed by atoms with E-state index in [4.69, 9.17) is 0 Å². The molecule has 0 aromatic heterocycles. The van der Waals surface area contributed by atoms with E-state index in [1.807, 2.05) is 12.2 Å². The summed E-state index contributed by atoms with van der Waals surface area (Å²) in [5.74, 6) is -1.51. The fourth-order valence-corrected chi connectivity index (χ4v) is 3.47. The van der Waals surface area contributed by atoms with Crippen molar-refractivity contribution in [1.29, 1.82) is 0 Å². The molecule has 1 N–H and O–H groups in total. The van der Waals surface area contributed by atoms with E-state index in [0.29, 0.717) is 24.9 Å². The van der Waals surface area contributed by atoms with Crippen molar-refractivity contribution in [2.75, 3.05) is 13.7 Å². The van der Waals surface area contributed by atoms with E-state index in [0.717, 1.165) is 5.56 Å². The van der Waals surface area contributed by atoms with Gasteiger partial charge in [0.1, 0.15) is 0 Å². The number of amides is 3. The Hall–Kier alpha value is -2.96. The lowest BCUT2D eigenvalue weighted by Gasteiger charge is -2.14. The lowest BCUT2D eigenvalue weighted by Crippen LogP contribution is -2.35. The van der Waals surface area contributed by atoms with Crippen molar-refractivity contribution < 1.29 is 23.9 Å². The number of fused-ring (bicyclic) bond motifs is 1. The first kappa shape index (κ1) is 18.8. The molecular formula is C20H22N2O5. The van der Waals surface area contributed by atoms with Crippen LogP contribution in [0.25, 0.3) is 0 Å². The van der Waals surface area contributed by atoms with Gasteiger partial charge in [0.2, 0.25) is 17.7 Å². The first-order valence-electron chi connectivity index (χ1n) is 8.95. The molecule has 1 aliphatic carbocycles. The third-order valence-corrected chi connectivity index (χ3v) is 5.03. The van der Waals surface area contributed by atoms with Crippen LogP contribution in [0.5, 0.6) is 0 Å². The Bertz CT molecular complexity index is 758. The molecule has 1 saturated heterocycles. The van der Waals surface area contributed by atoms with Crippen LogP contribution in [-0.2, 0) is 25.7 Å². The highest BCUT2D eigenvalue weighted by Gasteiger charge is 2.46. The summed E-state index contributed by atoms with van der Waals surface area (Å²) < 4.78 is 4.64. The molecule has 1 fully saturated rings. The number of hydrogen-bond acceptors (Lipinski definition) is 5. The summed E-state index contributed by atoms with van der Waals surface area (Å²) in [5, 5.41) is 2.76. The maximum Gasteiger partial charge on any atom is 0.337 e. The van der Waals surface area contributed by atoms with Crippen LogP contribution in [0.3, 0.4) is 0 Å². The Kier molecular flexibility index (Phi) is 5.69. The summed E-state index contributed by atoms with van der Waals surface area (Å²) in [5.41, 5.74) is 1.27. The highest BCUT2D eigenvalue weighted by molar-refractivity contribution is 6.05. The van der Waals surface area contributed by atoms with Gasteiger partial charge < -0.3 is 10.1 Å². The monoisotopic (exact) mass is 370 g/mol. The molecule has 7 nitrogen and oxygen atoms in total. The zero-order chi connectivity index (χ0) is 19.4. The predicted molar refractivity (Wildman–Crippen MR) is 96.3 cm³/mol. The van der Waals surface area contributed by atoms with Crippen molar-refractivity contribution in [1.82, 2.24) is 10.2 Å². The maximum absolute atomic E-state index is 12.4. The number of allylic oxidation sites excluding steroid dienone is 2. The normalized spacial score (nSPS) is 21.1. The number of hydrogen-bond donors (Lipinski definition) is 1. The average molecular weight is 370 g/mol. The largest absolute Gasteiger partial charge is 0.465 e. The number of esters is 1. The maximum atomic E-state index is 12.4. The van der Waals surface area contributed by atoms with E-state index in [2.05, 4.69) is 10.1 Å². The number of nitrogens with one attached hydrogen (secondary N) is 1. The number of imide groups is 1. The van der Waals surface area contributed by atoms with E-state index in [1.54, 1.807) is 24.3 Å². The molecule has 3 amide bonds. The molecule has 142 valence electrons. The molecule has 1 heterocycles. The smallest absolute Gasteiger partial charge is 0.337 e. The lowest BCUT2D eigenvalue weighted by atomic mass is 9.85. The molecule has 2 aliphatic rings. The Balaban J connectivity index is 1.47. The number of rotatable bonds is 6. The Morgan fingerprint density at radius 2 is 1.67 bits per heavy atom. The molecule has 1 aromatic rings. The number of benzene rings is 1. The molecule has 1 aliphatic heterocycles. The fraction of sp³-hybridized carbons (Fsp3) is 0.400. The van der Waals surface area contributed by atoms with Gasteiger partial charge in [-0.2, -0.15) is 0 Å². The van der Waals surface area contributed by atoms with Crippen LogP contribution in [0.1, 0.15) is 35.2 Å². The number of nitrogens with zero attached hydrogens (tertiary/aromatic N) is 1. The van der Waals surface area contributed by atoms with Gasteiger partial charge in [-0.15, -0.1) is 0 Å². The van der Waals surface area contributed by atoms with E-state index in [-0.39, 0.29) is 42.5 Å². The second-order valence-electron chi connectivity index (χ2n) is 6.70. The highest BCUT2D eigenvalue weighted by Crippen LogP contribution is 2.34. The van der Waals surface area contributed by atoms with Crippen LogP contribution in [0.4, 0.5) is 0 Å². The molecule has 2 atom stereocenters. The summed E-state index contributed by atoms with van der Waals surface area (Å²) in [6, 6.07) is 6.73. The summed E-state index contributed by atoms with van der Waals surface area (Å²) >= 11 is 0. The van der Waals surface area contributed by atoms with E-state index in [9.17, 15) is 19.2 Å². The number of methoxy groups -OCH3 is 1. The van der Waals surface area contributed by atoms with Crippen LogP contribution >= 0.6 is 0 Å². The fourth-order valence-electron chi connectivity index (χ4n) is 3.47. The van der Waals surface area contributed by atoms with Gasteiger partial charge in [-0.1, -0.05) is 24.3 Å². The number of likely N-dealkylation sites (tertiary alicyclic amines) is 1. The molecule has 1 aromatic carbocycles. The molecule has 0 bridgehead atoms. The minimum Gasteiger partial charge on any atom is -0.465 e. The summed E-state index contributed by atoms with van der Waals surface area (Å²) in [6.45, 7) is 0.412. The quantitative estimate of drug-likeness (QED) is 0.465. The number of carbonyl (C=O) groups is 4. The summed E-state index contributed by atoms with van der Waals surface area (Å²) in [7, 11) is 1.32. The van der Waals surface area contributed by atoms with Gasteiger partial charge >= 0.3 is 5.97 Å². The molecule has 3 rings (SSSR count). The zero-order valence-electron chi connectivity index (χ0n) is 15.1. The standard InChI is InChI=1S/C20H22N2O5/c1-27-20(26)14-8-6-13(7-9-14)12-21-17(23)10-11-22-18(24)15-4-2-3-5-16(15)19(22)25/h2-3,6-9,15-16H,4-5,10-12H2,1H3,(H,21,23)/t15-,16+. The van der Waals surface area contributed by atoms with E-state index < -0.39 is 5.97 Å². The Morgan fingerprint density at radius 1 is 1.07 bits per heavy atom. The predicted octanol–water partition coefficient (Wildman–Crippen LogP) is 1.43. The molecule has 27 heavy (non-hydrogen) atoms. The SMILES string of the molecule is COC(=O)c1ccc(CNC(=O)CCN2C(=O)[C@H]3CC=CC[C@H]3C2=O)cc1. The van der Waals surface area contributed by atoms with Gasteiger partial charge in [-0.3, -0.25) is 19.3 Å². The van der Waals surface area contributed by atoms with Gasteiger partial charge in [0.25, 0.3) is 0 Å². The number of ether oxygens (including phenoxy) is 1. The number of carbonyl (C=O) groups excluding carboxylic acids is 4. The second kappa shape index (κ2) is 8.16. The molecule has 0 radical (unpaired) electrons. The first-order chi connectivity index (χ1) is 13.0. The van der Waals surface area contributed by atoms with Crippen molar-refractivity contribution in [2.45, 2.75) is 25.8 Å². The lowest BCUT2D eigenvalue weighted by molar-refractivity contribution is -0.140. The van der Waals surface area contributed by atoms with Crippen LogP contribution in [0.15, 0.2) is 36.4 Å². The Labute approximate surface area is 157 Å². The third kappa shape index (κ3) is 4.07. The topological polar surface area (TPSA) is 92.8 Å². The minimum absolute atomic E-state index is 0.0740. The van der Waals surface area contributed by atoms with Gasteiger partial charge in [0.15, 0.2) is 0 Å². The van der Waals surface area contributed by atoms with Crippen molar-refractivity contribution >= 4 is 23.7 Å². The van der Waals surface area contributed by atoms with Crippen molar-refractivity contribution in [3.05, 3.63) is 47.5 Å². The van der Waals surface area contributed by atoms with Gasteiger partial charge in [-0.05, 0) is 30.5 Å². The Morgan fingerprint density at radius 3 is 2.22 bits per heavy atom. The third-order valence-electron chi connectivity index (χ3n) is 5.03. The second-order valence-corrected chi connectivity index (χ2v) is 6.70. The zero-order valence-corrected chi connectivity index (χ0v) is 15.1. The minimum atomic E-state index is -0.415. The van der Waals surface area contributed by atoms with E-state index in [1.165, 1.54) is 12.0 Å². The highest BCUT2D eigenvalue weighted by atomic mass is 16.5. The summed E-state index contributed by atoms with van der Waals surface area (Å²) in [6.07, 6.45) is 5.14. The average Bonchev–Trinajstić information content (AvgIpc) is 2.95. The van der Waals surface area contributed by atoms with Gasteiger partial charge in [0, 0.05) is 19.5 Å². The van der Waals surface area contributed by atoms with Crippen LogP contribution < -0.4 is 5.32 Å².